The van der Waals surface area contributed by atoms with E-state index >= 15 is 0 Å². The van der Waals surface area contributed by atoms with Gasteiger partial charge in [-0.15, -0.1) is 23.1 Å². The topological polar surface area (TPSA) is 304 Å². The number of nitrogens with one attached hydrogen (secondary N) is 1. The molecule has 0 radical (unpaired) electrons. The first kappa shape index (κ1) is 30.9. The number of aliphatic imine (C=N–C) groups is 1. The molecule has 3 aliphatic rings. The fraction of sp³-hybridized carbons (Fsp3) is 0.381. The smallest absolute Gasteiger partial charge is 0.352 e. The van der Waals surface area contributed by atoms with Crippen LogP contribution in [0, 0.1) is 0 Å². The third-order valence-corrected chi connectivity index (χ3v) is 9.10. The van der Waals surface area contributed by atoms with Crippen molar-refractivity contribution in [3.05, 3.63) is 33.9 Å². The average Bonchev–Trinajstić information content (AvgIpc) is 3.36. The SMILES string of the molecule is CC(CC(=O)O)O/N=C(\C(=O)NC1C(=O)N2C(C(=O)O)=C(CSC3=NC(N)=C(N)C(N)N3N)CS[C@@H]12)c1csc(N)n1. The number of anilines is 1. The minimum atomic E-state index is -1.33. The predicted octanol–water partition coefficient (Wildman–Crippen LogP) is -2.30. The van der Waals surface area contributed by atoms with Crippen LogP contribution in [0.5, 0.6) is 0 Å². The van der Waals surface area contributed by atoms with Crippen LogP contribution in [-0.2, 0) is 24.0 Å². The number of nitrogens with two attached hydrogens (primary N) is 5. The molecule has 1 fully saturated rings. The van der Waals surface area contributed by atoms with Crippen LogP contribution < -0.4 is 34.1 Å². The van der Waals surface area contributed by atoms with Gasteiger partial charge in [0.05, 0.1) is 12.1 Å². The molecule has 4 atom stereocenters. The van der Waals surface area contributed by atoms with Crippen LogP contribution >= 0.6 is 34.9 Å². The van der Waals surface area contributed by atoms with Gasteiger partial charge in [0.25, 0.3) is 11.8 Å². The molecule has 3 aliphatic heterocycles. The molecule has 1 aromatic heterocycles. The van der Waals surface area contributed by atoms with E-state index in [0.717, 1.165) is 33.0 Å². The van der Waals surface area contributed by atoms with Gasteiger partial charge in [-0.25, -0.2) is 20.6 Å². The Balaban J connectivity index is 1.49. The number of carbonyl (C=O) groups is 4. The summed E-state index contributed by atoms with van der Waals surface area (Å²) < 4.78 is 0. The number of β-lactam (4-membered cyclic amide) rings is 1. The lowest BCUT2D eigenvalue weighted by atomic mass is 10.0. The summed E-state index contributed by atoms with van der Waals surface area (Å²) >= 11 is 3.35. The van der Waals surface area contributed by atoms with Gasteiger partial charge in [-0.1, -0.05) is 16.9 Å². The summed E-state index contributed by atoms with van der Waals surface area (Å²) in [5, 5.41) is 27.4. The number of nitrogens with zero attached hydrogens (tertiary/aromatic N) is 5. The molecule has 0 spiro atoms. The van der Waals surface area contributed by atoms with E-state index in [1.165, 1.54) is 24.1 Å². The molecule has 2 amide bonds. The number of carboxylic acid groups (broad SMARTS) is 2. The van der Waals surface area contributed by atoms with E-state index in [2.05, 4.69) is 20.4 Å². The van der Waals surface area contributed by atoms with Crippen LogP contribution in [0.4, 0.5) is 5.13 Å². The highest BCUT2D eigenvalue weighted by Gasteiger charge is 2.54. The van der Waals surface area contributed by atoms with Crippen LogP contribution in [0.3, 0.4) is 0 Å². The zero-order chi connectivity index (χ0) is 30.9. The minimum Gasteiger partial charge on any atom is -0.481 e. The van der Waals surface area contributed by atoms with Gasteiger partial charge in [-0.3, -0.25) is 24.3 Å². The highest BCUT2D eigenvalue weighted by Crippen LogP contribution is 2.41. The van der Waals surface area contributed by atoms with E-state index in [0.29, 0.717) is 5.57 Å². The fourth-order valence-electron chi connectivity index (χ4n) is 3.93. The Labute approximate surface area is 250 Å². The number of amidine groups is 1. The molecule has 42 heavy (non-hydrogen) atoms. The maximum absolute atomic E-state index is 13.2. The van der Waals surface area contributed by atoms with E-state index in [-0.39, 0.29) is 56.8 Å². The molecule has 0 aliphatic carbocycles. The first-order valence-electron chi connectivity index (χ1n) is 11.9. The number of hydrogen-bond donors (Lipinski definition) is 8. The summed E-state index contributed by atoms with van der Waals surface area (Å²) in [7, 11) is 0. The zero-order valence-electron chi connectivity index (χ0n) is 21.8. The molecule has 18 nitrogen and oxygen atoms in total. The molecule has 0 bridgehead atoms. The van der Waals surface area contributed by atoms with Gasteiger partial charge in [0.2, 0.25) is 0 Å². The Morgan fingerprint density at radius 3 is 2.64 bits per heavy atom. The van der Waals surface area contributed by atoms with Crippen LogP contribution in [0.2, 0.25) is 0 Å². The third kappa shape index (κ3) is 6.23. The van der Waals surface area contributed by atoms with Gasteiger partial charge in [-0.05, 0) is 12.5 Å². The maximum Gasteiger partial charge on any atom is 0.352 e. The van der Waals surface area contributed by atoms with Crippen molar-refractivity contribution in [3.8, 4) is 0 Å². The third-order valence-electron chi connectivity index (χ3n) is 6.03. The van der Waals surface area contributed by atoms with Gasteiger partial charge in [0.1, 0.15) is 40.9 Å². The molecule has 226 valence electrons. The Hall–Kier alpha value is -4.05. The lowest BCUT2D eigenvalue weighted by Crippen LogP contribution is -2.71. The highest BCUT2D eigenvalue weighted by molar-refractivity contribution is 8.14. The van der Waals surface area contributed by atoms with Crippen molar-refractivity contribution < 1.29 is 34.2 Å². The molecular formula is C21H27N11O7S3. The Kier molecular flexibility index (Phi) is 9.15. The number of thiazole rings is 1. The van der Waals surface area contributed by atoms with E-state index in [9.17, 15) is 24.3 Å². The number of hydrazine groups is 1. The molecule has 4 rings (SSSR count). The van der Waals surface area contributed by atoms with Crippen LogP contribution in [0.25, 0.3) is 0 Å². The summed E-state index contributed by atoms with van der Waals surface area (Å²) in [6, 6.07) is -1.09. The largest absolute Gasteiger partial charge is 0.481 e. The summed E-state index contributed by atoms with van der Waals surface area (Å²) in [5.41, 5.74) is 23.2. The van der Waals surface area contributed by atoms with Crippen LogP contribution in [-0.4, -0.2) is 94.9 Å². The first-order chi connectivity index (χ1) is 19.8. The van der Waals surface area contributed by atoms with Gasteiger partial charge >= 0.3 is 11.9 Å². The Morgan fingerprint density at radius 1 is 1.31 bits per heavy atom. The second-order valence-electron chi connectivity index (χ2n) is 9.02. The zero-order valence-corrected chi connectivity index (χ0v) is 24.2. The first-order valence-corrected chi connectivity index (χ1v) is 14.9. The number of amides is 2. The maximum atomic E-state index is 13.2. The van der Waals surface area contributed by atoms with Crippen LogP contribution in [0.15, 0.2) is 38.3 Å². The quantitative estimate of drug-likeness (QED) is 0.0576. The molecule has 13 N–H and O–H groups in total. The number of aromatic nitrogens is 1. The van der Waals surface area contributed by atoms with Crippen molar-refractivity contribution >= 4 is 74.6 Å². The Morgan fingerprint density at radius 2 is 2.02 bits per heavy atom. The molecule has 0 aromatic carbocycles. The number of nitrogen functional groups attached to an aromatic ring is 1. The van der Waals surface area contributed by atoms with E-state index in [1.54, 1.807) is 0 Å². The number of thioether (sulfide) groups is 2. The molecule has 4 heterocycles. The Bertz CT molecular complexity index is 1440. The predicted molar refractivity (Wildman–Crippen MR) is 155 cm³/mol. The molecular weight excluding hydrogens is 615 g/mol. The summed E-state index contributed by atoms with van der Waals surface area (Å²) in [6.07, 6.45) is -2.16. The molecule has 1 saturated heterocycles. The van der Waals surface area contributed by atoms with Crippen molar-refractivity contribution in [1.82, 2.24) is 20.2 Å². The monoisotopic (exact) mass is 641 g/mol. The molecule has 1 aromatic rings. The van der Waals surface area contributed by atoms with E-state index in [4.69, 9.17) is 38.7 Å². The van der Waals surface area contributed by atoms with Gasteiger partial charge < -0.3 is 43.3 Å². The summed E-state index contributed by atoms with van der Waals surface area (Å²) in [5.74, 6) is 2.30. The lowest BCUT2D eigenvalue weighted by molar-refractivity contribution is -0.150. The van der Waals surface area contributed by atoms with Crippen molar-refractivity contribution in [1.29, 1.82) is 0 Å². The van der Waals surface area contributed by atoms with Crippen molar-refractivity contribution in [2.24, 2.45) is 33.2 Å². The number of aliphatic carboxylic acids is 2. The minimum absolute atomic E-state index is 0.00119. The van der Waals surface area contributed by atoms with Gasteiger partial charge in [-0.2, -0.15) is 0 Å². The molecule has 3 unspecified atom stereocenters. The average molecular weight is 642 g/mol. The van der Waals surface area contributed by atoms with Crippen molar-refractivity contribution in [3.63, 3.8) is 0 Å². The number of fused-ring (bicyclic) bond motifs is 1. The highest BCUT2D eigenvalue weighted by atomic mass is 32.2. The second-order valence-corrected chi connectivity index (χ2v) is 12.0. The number of carbonyl (C=O) groups excluding carboxylic acids is 2. The summed E-state index contributed by atoms with van der Waals surface area (Å²) in [6.45, 7) is 1.45. The number of carboxylic acids is 2. The van der Waals surface area contributed by atoms with E-state index in [1.807, 2.05) is 0 Å². The number of oxime groups is 1. The summed E-state index contributed by atoms with van der Waals surface area (Å²) in [4.78, 5) is 63.9. The normalized spacial score (nSPS) is 23.2. The van der Waals surface area contributed by atoms with E-state index < -0.39 is 47.4 Å². The van der Waals surface area contributed by atoms with Crippen molar-refractivity contribution in [2.75, 3.05) is 17.2 Å². The van der Waals surface area contributed by atoms with Gasteiger partial charge in [0.15, 0.2) is 16.0 Å². The van der Waals surface area contributed by atoms with Crippen LogP contribution in [0.1, 0.15) is 19.0 Å². The molecule has 21 heteroatoms. The lowest BCUT2D eigenvalue weighted by Gasteiger charge is -2.49. The van der Waals surface area contributed by atoms with Gasteiger partial charge in [0, 0.05) is 16.9 Å². The standard InChI is InChI=1S/C21H27N11O7S3/c1-6(2-9(33)34)39-30-11(8-5-41-20(25)27-8)16(35)28-12-17(36)31-13(19(37)38)7(3-40-18(12)31)4-42-21-29-14(23)10(22)15(24)32(21)26/h5-6,12,15,18H,2-4,22-24,26H2,1H3,(H2,25,27)(H,28,35)(H,33,34)(H,37,38)/b30-11-/t6?,12?,15?,18-/m0/s1. The number of rotatable bonds is 10. The van der Waals surface area contributed by atoms with Crippen molar-refractivity contribution in [2.45, 2.75) is 37.0 Å². The number of hydrogen-bond acceptors (Lipinski definition) is 17. The fourth-order valence-corrected chi connectivity index (χ4v) is 6.93. The second kappa shape index (κ2) is 12.4. The molecule has 0 saturated carbocycles.